The van der Waals surface area contributed by atoms with Gasteiger partial charge in [-0.1, -0.05) is 0 Å². The largest absolute Gasteiger partial charge is 0.416 e. The van der Waals surface area contributed by atoms with Crippen molar-refractivity contribution in [2.75, 3.05) is 10.6 Å². The number of carbonyl (C=O) groups excluding carboxylic acids is 1. The Kier molecular flexibility index (Phi) is 2.69. The molecule has 102 valence electrons. The van der Waals surface area contributed by atoms with Crippen LogP contribution in [0.15, 0.2) is 18.2 Å². The average molecular weight is 270 g/mol. The highest BCUT2D eigenvalue weighted by molar-refractivity contribution is 5.96. The van der Waals surface area contributed by atoms with E-state index < -0.39 is 11.7 Å². The number of rotatable bonds is 1. The summed E-state index contributed by atoms with van der Waals surface area (Å²) >= 11 is 0. The third-order valence-corrected chi connectivity index (χ3v) is 3.56. The zero-order valence-corrected chi connectivity index (χ0v) is 10.1. The molecule has 1 aromatic carbocycles. The molecule has 1 fully saturated rings. The van der Waals surface area contributed by atoms with E-state index in [9.17, 15) is 18.0 Å². The molecule has 1 aromatic rings. The molecule has 0 saturated heterocycles. The van der Waals surface area contributed by atoms with Crippen LogP contribution in [0.2, 0.25) is 0 Å². The molecule has 2 N–H and O–H groups in total. The number of carbonyl (C=O) groups is 1. The minimum absolute atomic E-state index is 0.0259. The second-order valence-corrected chi connectivity index (χ2v) is 5.10. The van der Waals surface area contributed by atoms with Crippen LogP contribution in [-0.4, -0.2) is 11.9 Å². The van der Waals surface area contributed by atoms with Gasteiger partial charge in [-0.2, -0.15) is 13.2 Å². The maximum Gasteiger partial charge on any atom is 0.416 e. The first kappa shape index (κ1) is 12.3. The lowest BCUT2D eigenvalue weighted by molar-refractivity contribution is -0.137. The smallest absolute Gasteiger partial charge is 0.380 e. The van der Waals surface area contributed by atoms with Crippen molar-refractivity contribution < 1.29 is 18.0 Å². The summed E-state index contributed by atoms with van der Waals surface area (Å²) in [6.07, 6.45) is -1.95. The van der Waals surface area contributed by atoms with Crippen LogP contribution in [0.3, 0.4) is 0 Å². The second kappa shape index (κ2) is 4.15. The molecule has 19 heavy (non-hydrogen) atoms. The van der Waals surface area contributed by atoms with Gasteiger partial charge in [0.1, 0.15) is 0 Å². The van der Waals surface area contributed by atoms with E-state index in [1.807, 2.05) is 0 Å². The van der Waals surface area contributed by atoms with Gasteiger partial charge in [-0.15, -0.1) is 0 Å². The Labute approximate surface area is 108 Å². The highest BCUT2D eigenvalue weighted by Gasteiger charge is 2.36. The molecule has 0 spiro atoms. The van der Waals surface area contributed by atoms with Gasteiger partial charge in [0.25, 0.3) is 0 Å². The summed E-state index contributed by atoms with van der Waals surface area (Å²) in [5, 5.41) is 5.73. The van der Waals surface area contributed by atoms with Gasteiger partial charge in [-0.3, -0.25) is 4.79 Å². The molecular weight excluding hydrogens is 257 g/mol. The highest BCUT2D eigenvalue weighted by Crippen LogP contribution is 2.40. The molecule has 1 saturated carbocycles. The molecule has 1 aliphatic carbocycles. The van der Waals surface area contributed by atoms with Gasteiger partial charge in [-0.05, 0) is 37.0 Å². The van der Waals surface area contributed by atoms with Crippen molar-refractivity contribution in [2.24, 2.45) is 5.92 Å². The van der Waals surface area contributed by atoms with Crippen LogP contribution in [0.25, 0.3) is 0 Å². The van der Waals surface area contributed by atoms with Gasteiger partial charge in [0.05, 0.1) is 16.9 Å². The number of benzene rings is 1. The number of hydrogen-bond donors (Lipinski definition) is 2. The van der Waals surface area contributed by atoms with Crippen molar-refractivity contribution >= 4 is 17.3 Å². The Bertz CT molecular complexity index is 523. The van der Waals surface area contributed by atoms with Gasteiger partial charge >= 0.3 is 6.18 Å². The fourth-order valence-corrected chi connectivity index (χ4v) is 2.38. The topological polar surface area (TPSA) is 41.1 Å². The lowest BCUT2D eigenvalue weighted by Gasteiger charge is -2.16. The maximum atomic E-state index is 12.6. The first-order valence-corrected chi connectivity index (χ1v) is 6.21. The van der Waals surface area contributed by atoms with Crippen LogP contribution in [0.5, 0.6) is 0 Å². The first-order chi connectivity index (χ1) is 8.93. The van der Waals surface area contributed by atoms with Gasteiger partial charge in [0, 0.05) is 12.5 Å². The molecule has 6 heteroatoms. The van der Waals surface area contributed by atoms with Crippen molar-refractivity contribution in [1.82, 2.24) is 0 Å². The van der Waals surface area contributed by atoms with Crippen molar-refractivity contribution in [3.63, 3.8) is 0 Å². The summed E-state index contributed by atoms with van der Waals surface area (Å²) in [6.45, 7) is 0. The summed E-state index contributed by atoms with van der Waals surface area (Å²) in [4.78, 5) is 11.7. The molecule has 2 aliphatic rings. The third kappa shape index (κ3) is 2.52. The Morgan fingerprint density at radius 1 is 1.16 bits per heavy atom. The van der Waals surface area contributed by atoms with Gasteiger partial charge in [0.2, 0.25) is 5.91 Å². The number of anilines is 2. The third-order valence-electron chi connectivity index (χ3n) is 3.56. The number of fused-ring (bicyclic) bond motifs is 1. The van der Waals surface area contributed by atoms with E-state index in [-0.39, 0.29) is 17.6 Å². The molecule has 3 rings (SSSR count). The van der Waals surface area contributed by atoms with E-state index >= 15 is 0 Å². The molecule has 0 radical (unpaired) electrons. The summed E-state index contributed by atoms with van der Waals surface area (Å²) < 4.78 is 37.9. The van der Waals surface area contributed by atoms with Crippen LogP contribution in [-0.2, 0) is 11.0 Å². The van der Waals surface area contributed by atoms with Crippen LogP contribution in [0.4, 0.5) is 24.5 Å². The molecule has 1 heterocycles. The fraction of sp³-hybridized carbons (Fsp3) is 0.462. The summed E-state index contributed by atoms with van der Waals surface area (Å²) in [5.41, 5.74) is 0.0250. The fourth-order valence-electron chi connectivity index (χ4n) is 2.38. The molecule has 0 aromatic heterocycles. The number of hydrogen-bond acceptors (Lipinski definition) is 2. The van der Waals surface area contributed by atoms with Crippen molar-refractivity contribution in [3.8, 4) is 0 Å². The van der Waals surface area contributed by atoms with Crippen molar-refractivity contribution in [3.05, 3.63) is 23.8 Å². The zero-order chi connectivity index (χ0) is 13.6. The molecular formula is C13H13F3N2O. The van der Waals surface area contributed by atoms with Crippen molar-refractivity contribution in [2.45, 2.75) is 31.5 Å². The minimum atomic E-state index is -4.40. The van der Waals surface area contributed by atoms with E-state index in [1.54, 1.807) is 0 Å². The molecule has 1 amide bonds. The molecule has 1 atom stereocenters. The number of halogens is 3. The first-order valence-electron chi connectivity index (χ1n) is 6.21. The Hall–Kier alpha value is -1.72. The minimum Gasteiger partial charge on any atom is -0.380 e. The van der Waals surface area contributed by atoms with Gasteiger partial charge in [-0.25, -0.2) is 0 Å². The van der Waals surface area contributed by atoms with E-state index in [0.717, 1.165) is 25.0 Å². The van der Waals surface area contributed by atoms with E-state index in [0.29, 0.717) is 18.0 Å². The van der Waals surface area contributed by atoms with E-state index in [4.69, 9.17) is 0 Å². The standard InChI is InChI=1S/C13H13F3N2O/c14-13(15,16)8-3-4-9-11(5-8)18-12(19)6-10(17-9)7-1-2-7/h3-5,7,10,17H,1-2,6H2,(H,18,19). The Morgan fingerprint density at radius 3 is 2.53 bits per heavy atom. The average Bonchev–Trinajstić information content (AvgIpc) is 3.12. The number of amides is 1. The second-order valence-electron chi connectivity index (χ2n) is 5.10. The van der Waals surface area contributed by atoms with Crippen LogP contribution in [0.1, 0.15) is 24.8 Å². The maximum absolute atomic E-state index is 12.6. The Morgan fingerprint density at radius 2 is 1.89 bits per heavy atom. The van der Waals surface area contributed by atoms with Crippen molar-refractivity contribution in [1.29, 1.82) is 0 Å². The highest BCUT2D eigenvalue weighted by atomic mass is 19.4. The van der Waals surface area contributed by atoms with E-state index in [2.05, 4.69) is 10.6 Å². The number of nitrogens with one attached hydrogen (secondary N) is 2. The normalized spacial score (nSPS) is 23.1. The van der Waals surface area contributed by atoms with Crippen LogP contribution >= 0.6 is 0 Å². The molecule has 1 aliphatic heterocycles. The predicted molar refractivity (Wildman–Crippen MR) is 64.8 cm³/mol. The lowest BCUT2D eigenvalue weighted by Crippen LogP contribution is -2.24. The molecule has 1 unspecified atom stereocenters. The van der Waals surface area contributed by atoms with Crippen LogP contribution in [0, 0.1) is 5.92 Å². The summed E-state index contributed by atoms with van der Waals surface area (Å²) in [7, 11) is 0. The SMILES string of the molecule is O=C1CC(C2CC2)Nc2ccc(C(F)(F)F)cc2N1. The number of alkyl halides is 3. The van der Waals surface area contributed by atoms with Gasteiger partial charge < -0.3 is 10.6 Å². The quantitative estimate of drug-likeness (QED) is 0.822. The summed E-state index contributed by atoms with van der Waals surface area (Å²) in [6, 6.07) is 3.43. The van der Waals surface area contributed by atoms with E-state index in [1.165, 1.54) is 6.07 Å². The zero-order valence-electron chi connectivity index (χ0n) is 10.1. The molecule has 3 nitrogen and oxygen atoms in total. The van der Waals surface area contributed by atoms with Crippen LogP contribution < -0.4 is 10.6 Å². The lowest BCUT2D eigenvalue weighted by atomic mass is 10.1. The molecule has 0 bridgehead atoms. The van der Waals surface area contributed by atoms with Gasteiger partial charge in [0.15, 0.2) is 0 Å². The summed E-state index contributed by atoms with van der Waals surface area (Å²) in [5.74, 6) is 0.224. The Balaban J connectivity index is 1.94. The predicted octanol–water partition coefficient (Wildman–Crippen LogP) is 3.24. The monoisotopic (exact) mass is 270 g/mol.